The minimum absolute atomic E-state index is 0.0742. The first-order valence-electron chi connectivity index (χ1n) is 20.3. The van der Waals surface area contributed by atoms with E-state index in [-0.39, 0.29) is 10.8 Å². The van der Waals surface area contributed by atoms with E-state index in [1.54, 1.807) is 0 Å². The van der Waals surface area contributed by atoms with Gasteiger partial charge in [-0.25, -0.2) is 0 Å². The number of nitrogens with zero attached hydrogens (tertiary/aromatic N) is 3. The second-order valence-corrected chi connectivity index (χ2v) is 18.3. The topological polar surface area (TPSA) is 22.4 Å². The molecule has 5 heterocycles. The number of imidazole rings is 1. The molecule has 2 aliphatic heterocycles. The van der Waals surface area contributed by atoms with Gasteiger partial charge in [-0.15, -0.1) is 0 Å². The Morgan fingerprint density at radius 3 is 2.12 bits per heavy atom. The smallest absolute Gasteiger partial charge is 0.308 e. The Bertz CT molecular complexity index is 3510. The first kappa shape index (κ1) is 30.6. The third kappa shape index (κ3) is 3.22. The van der Waals surface area contributed by atoms with Gasteiger partial charge in [-0.2, -0.15) is 9.13 Å². The van der Waals surface area contributed by atoms with Gasteiger partial charge in [0, 0.05) is 44.0 Å². The van der Waals surface area contributed by atoms with Crippen LogP contribution in [0.15, 0.2) is 140 Å². The lowest BCUT2D eigenvalue weighted by Crippen LogP contribution is -2.64. The van der Waals surface area contributed by atoms with Gasteiger partial charge >= 0.3 is 11.5 Å². The molecule has 10 aromatic rings. The van der Waals surface area contributed by atoms with Crippen molar-refractivity contribution >= 4 is 38.2 Å². The van der Waals surface area contributed by atoms with E-state index in [0.29, 0.717) is 0 Å². The summed E-state index contributed by atoms with van der Waals surface area (Å²) in [7, 11) is 0. The average molecular weight is 733 g/mol. The molecule has 1 unspecified atom stereocenters. The first-order chi connectivity index (χ1) is 27.7. The number of benzene rings is 7. The summed E-state index contributed by atoms with van der Waals surface area (Å²) < 4.78 is 15.5. The third-order valence-corrected chi connectivity index (χ3v) is 14.0. The van der Waals surface area contributed by atoms with Crippen molar-refractivity contribution in [2.45, 2.75) is 51.2 Å². The van der Waals surface area contributed by atoms with E-state index < -0.39 is 5.72 Å². The summed E-state index contributed by atoms with van der Waals surface area (Å²) in [6, 6.07) is 52.4. The summed E-state index contributed by atoms with van der Waals surface area (Å²) in [6.07, 6.45) is 0. The number of ether oxygens (including phenoxy) is 1. The molecule has 0 bridgehead atoms. The van der Waals surface area contributed by atoms with Gasteiger partial charge in [0.05, 0.1) is 22.2 Å². The predicted octanol–water partition coefficient (Wildman–Crippen LogP) is 12.3. The minimum atomic E-state index is -0.920. The molecule has 0 radical (unpaired) electrons. The lowest BCUT2D eigenvalue weighted by Gasteiger charge is -2.37. The van der Waals surface area contributed by atoms with Crippen molar-refractivity contribution in [1.29, 1.82) is 0 Å². The van der Waals surface area contributed by atoms with Crippen LogP contribution < -0.4 is 9.30 Å². The van der Waals surface area contributed by atoms with Crippen LogP contribution in [0, 0.1) is 0 Å². The van der Waals surface area contributed by atoms with E-state index >= 15 is 0 Å². The molecule has 1 spiro atoms. The molecule has 0 fully saturated rings. The maximum absolute atomic E-state index is 7.73. The number of rotatable bonds is 1. The van der Waals surface area contributed by atoms with E-state index in [1.165, 1.54) is 105 Å². The van der Waals surface area contributed by atoms with Crippen molar-refractivity contribution in [2.24, 2.45) is 0 Å². The molecule has 1 atom stereocenters. The predicted molar refractivity (Wildman–Crippen MR) is 230 cm³/mol. The zero-order chi connectivity index (χ0) is 37.9. The Morgan fingerprint density at radius 2 is 1.26 bits per heavy atom. The normalized spacial score (nSPS) is 17.6. The molecule has 0 saturated heterocycles. The van der Waals surface area contributed by atoms with Crippen molar-refractivity contribution in [3.8, 4) is 56.2 Å². The van der Waals surface area contributed by atoms with Gasteiger partial charge in [-0.05, 0) is 75.7 Å². The Morgan fingerprint density at radius 1 is 0.579 bits per heavy atom. The zero-order valence-electron chi connectivity index (χ0n) is 32.5. The lowest BCUT2D eigenvalue weighted by molar-refractivity contribution is -0.749. The highest BCUT2D eigenvalue weighted by molar-refractivity contribution is 6.20. The Labute approximate surface area is 330 Å². The van der Waals surface area contributed by atoms with Crippen LogP contribution in [0.25, 0.3) is 88.7 Å². The number of hydrogen-bond acceptors (Lipinski definition) is 1. The van der Waals surface area contributed by atoms with Crippen LogP contribution in [-0.2, 0) is 16.6 Å². The van der Waals surface area contributed by atoms with Gasteiger partial charge in [0.25, 0.3) is 0 Å². The molecule has 0 saturated carbocycles. The summed E-state index contributed by atoms with van der Waals surface area (Å²) in [5.74, 6) is 2.05. The van der Waals surface area contributed by atoms with E-state index in [2.05, 4.69) is 188 Å². The Hall–Kier alpha value is -6.65. The second kappa shape index (κ2) is 9.47. The van der Waals surface area contributed by atoms with Gasteiger partial charge in [-0.3, -0.25) is 0 Å². The molecule has 4 heteroatoms. The lowest BCUT2D eigenvalue weighted by atomic mass is 9.85. The highest BCUT2D eigenvalue weighted by Crippen LogP contribution is 2.61. The fraction of sp³-hybridized carbons (Fsp3) is 0.151. The van der Waals surface area contributed by atoms with E-state index in [1.807, 2.05) is 0 Å². The minimum Gasteiger partial charge on any atom is -0.440 e. The molecule has 3 aromatic heterocycles. The van der Waals surface area contributed by atoms with Crippen LogP contribution in [0.4, 0.5) is 0 Å². The van der Waals surface area contributed by atoms with Crippen LogP contribution in [0.1, 0.15) is 62.6 Å². The fourth-order valence-corrected chi connectivity index (χ4v) is 11.9. The van der Waals surface area contributed by atoms with Gasteiger partial charge < -0.3 is 9.14 Å². The Balaban J connectivity index is 1.17. The second-order valence-electron chi connectivity index (χ2n) is 18.3. The monoisotopic (exact) mass is 732 g/mol. The van der Waals surface area contributed by atoms with Crippen molar-refractivity contribution in [1.82, 2.24) is 8.97 Å². The van der Waals surface area contributed by atoms with Gasteiger partial charge in [0.1, 0.15) is 17.0 Å². The number of para-hydroxylation sites is 4. The van der Waals surface area contributed by atoms with Gasteiger partial charge in [-0.1, -0.05) is 132 Å². The molecule has 57 heavy (non-hydrogen) atoms. The van der Waals surface area contributed by atoms with Crippen LogP contribution in [0.2, 0.25) is 0 Å². The quantitative estimate of drug-likeness (QED) is 0.154. The van der Waals surface area contributed by atoms with Crippen LogP contribution in [0.3, 0.4) is 0 Å². The molecule has 4 nitrogen and oxygen atoms in total. The van der Waals surface area contributed by atoms with E-state index in [9.17, 15) is 0 Å². The van der Waals surface area contributed by atoms with E-state index in [4.69, 9.17) is 4.74 Å². The summed E-state index contributed by atoms with van der Waals surface area (Å²) >= 11 is 0. The molecule has 4 aliphatic rings. The third-order valence-electron chi connectivity index (χ3n) is 14.0. The summed E-state index contributed by atoms with van der Waals surface area (Å²) in [4.78, 5) is 0. The molecule has 0 N–H and O–H groups in total. The maximum atomic E-state index is 7.73. The molecule has 14 rings (SSSR count). The Kier molecular flexibility index (Phi) is 5.08. The number of fused-ring (bicyclic) bond motifs is 13. The van der Waals surface area contributed by atoms with Crippen LogP contribution in [0.5, 0.6) is 5.75 Å². The summed E-state index contributed by atoms with van der Waals surface area (Å²) in [5, 5.41) is 3.89. The van der Waals surface area contributed by atoms with Crippen molar-refractivity contribution in [2.75, 3.05) is 0 Å². The van der Waals surface area contributed by atoms with Crippen molar-refractivity contribution in [3.05, 3.63) is 167 Å². The van der Waals surface area contributed by atoms with Crippen LogP contribution >= 0.6 is 0 Å². The largest absolute Gasteiger partial charge is 0.440 e. The first-order valence-corrected chi connectivity index (χ1v) is 20.3. The standard InChI is InChI=1S/C53H38N3O/c1-51(2,3)39-23-9-10-24-41(39)54-42-25-14-20-31-29-17-12-18-30-36-28-43-37(27-40(36)53(46(29)30)56(48(31)42)50(54)34-16-7-11-26-44(34)57-53)32-19-13-21-35-45-33-15-6-8-22-38(33)52(4,5)49(45)55(43)47(32)35/h6-28H,1-5H3/q+1. The van der Waals surface area contributed by atoms with Crippen molar-refractivity contribution in [3.63, 3.8) is 0 Å². The molecular weight excluding hydrogens is 695 g/mol. The highest BCUT2D eigenvalue weighted by Gasteiger charge is 2.61. The number of aromatic nitrogens is 3. The molecular formula is C53H38N3O+. The number of hydrogen-bond donors (Lipinski definition) is 0. The SMILES string of the molecule is CC(C)(C)c1ccccc1-n1c2[n+]3c4c(cccc41)-c1cccc4c1C3(Oc1ccccc1-2)c1cc2c3cccc5c6c(n(c2cc1-4)c53)C(C)(C)c1ccccc1-6. The molecule has 270 valence electrons. The molecule has 0 amide bonds. The summed E-state index contributed by atoms with van der Waals surface area (Å²) in [6.45, 7) is 11.8. The van der Waals surface area contributed by atoms with E-state index in [0.717, 1.165) is 17.1 Å². The molecule has 7 aromatic carbocycles. The fourth-order valence-electron chi connectivity index (χ4n) is 11.9. The molecule has 2 aliphatic carbocycles. The van der Waals surface area contributed by atoms with Crippen molar-refractivity contribution < 1.29 is 9.30 Å². The highest BCUT2D eigenvalue weighted by atomic mass is 16.5. The van der Waals surface area contributed by atoms with Gasteiger partial charge in [0.2, 0.25) is 0 Å². The van der Waals surface area contributed by atoms with Gasteiger partial charge in [0.15, 0.2) is 11.0 Å². The summed E-state index contributed by atoms with van der Waals surface area (Å²) in [5.41, 5.74) is 20.4. The maximum Gasteiger partial charge on any atom is 0.308 e. The van der Waals surface area contributed by atoms with Crippen LogP contribution in [-0.4, -0.2) is 8.97 Å². The average Bonchev–Trinajstić information content (AvgIpc) is 3.98. The zero-order valence-corrected chi connectivity index (χ0v) is 32.5.